The Labute approximate surface area is 94.1 Å². The van der Waals surface area contributed by atoms with E-state index >= 15 is 0 Å². The second kappa shape index (κ2) is 3.73. The van der Waals surface area contributed by atoms with Crippen LogP contribution in [0.5, 0.6) is 5.75 Å². The molecule has 0 spiro atoms. The molecule has 0 aromatic heterocycles. The van der Waals surface area contributed by atoms with E-state index in [2.05, 4.69) is 0 Å². The molecule has 0 fully saturated rings. The maximum atomic E-state index is 9.97. The Morgan fingerprint density at radius 2 is 2.00 bits per heavy atom. The third-order valence-corrected chi connectivity index (χ3v) is 2.96. The average molecular weight is 224 g/mol. The monoisotopic (exact) mass is 224 g/mol. The predicted octanol–water partition coefficient (Wildman–Crippen LogP) is 0.744. The third-order valence-electron chi connectivity index (χ3n) is 2.96. The maximum Gasteiger partial charge on any atom is 0.132 e. The highest BCUT2D eigenvalue weighted by molar-refractivity contribution is 5.41. The van der Waals surface area contributed by atoms with Gasteiger partial charge in [-0.25, -0.2) is 0 Å². The lowest BCUT2D eigenvalue weighted by atomic mass is 9.88. The van der Waals surface area contributed by atoms with E-state index in [4.69, 9.17) is 9.84 Å². The van der Waals surface area contributed by atoms with Gasteiger partial charge in [-0.15, -0.1) is 0 Å². The second-order valence-electron chi connectivity index (χ2n) is 4.63. The Kier molecular flexibility index (Phi) is 2.66. The van der Waals surface area contributed by atoms with Crippen LogP contribution in [-0.2, 0) is 6.61 Å². The highest BCUT2D eigenvalue weighted by Gasteiger charge is 2.42. The summed E-state index contributed by atoms with van der Waals surface area (Å²) in [5.74, 6) is 0.556. The number of hydrogen-bond donors (Lipinski definition) is 3. The Balaban J connectivity index is 2.47. The van der Waals surface area contributed by atoms with Gasteiger partial charge in [0.2, 0.25) is 0 Å². The second-order valence-corrected chi connectivity index (χ2v) is 4.63. The van der Waals surface area contributed by atoms with Crippen LogP contribution in [0.15, 0.2) is 18.2 Å². The molecule has 1 aromatic rings. The number of rotatable bonds is 1. The molecule has 2 unspecified atom stereocenters. The fraction of sp³-hybridized carbons (Fsp3) is 0.500. The summed E-state index contributed by atoms with van der Waals surface area (Å²) in [5, 5.41) is 28.9. The minimum atomic E-state index is -0.981. The summed E-state index contributed by atoms with van der Waals surface area (Å²) < 4.78 is 5.61. The third kappa shape index (κ3) is 1.69. The van der Waals surface area contributed by atoms with Crippen LogP contribution < -0.4 is 4.74 Å². The van der Waals surface area contributed by atoms with E-state index in [9.17, 15) is 10.2 Å². The molecule has 4 nitrogen and oxygen atoms in total. The molecule has 1 aromatic carbocycles. The van der Waals surface area contributed by atoms with Crippen LogP contribution in [-0.4, -0.2) is 27.0 Å². The lowest BCUT2D eigenvalue weighted by molar-refractivity contribution is -0.111. The van der Waals surface area contributed by atoms with Gasteiger partial charge in [-0.2, -0.15) is 0 Å². The van der Waals surface area contributed by atoms with E-state index in [0.29, 0.717) is 16.9 Å². The fourth-order valence-corrected chi connectivity index (χ4v) is 1.91. The molecule has 2 rings (SSSR count). The molecular weight excluding hydrogens is 208 g/mol. The summed E-state index contributed by atoms with van der Waals surface area (Å²) in [6, 6.07) is 5.09. The van der Waals surface area contributed by atoms with Crippen LogP contribution in [0.3, 0.4) is 0 Å². The molecule has 88 valence electrons. The van der Waals surface area contributed by atoms with E-state index in [0.717, 1.165) is 0 Å². The first-order valence-electron chi connectivity index (χ1n) is 5.24. The van der Waals surface area contributed by atoms with E-state index in [1.165, 1.54) is 0 Å². The smallest absolute Gasteiger partial charge is 0.132 e. The number of fused-ring (bicyclic) bond motifs is 1. The van der Waals surface area contributed by atoms with Gasteiger partial charge in [0.1, 0.15) is 23.6 Å². The van der Waals surface area contributed by atoms with Crippen LogP contribution in [0.1, 0.15) is 31.1 Å². The summed E-state index contributed by atoms with van der Waals surface area (Å²) in [5.41, 5.74) is 0.402. The van der Waals surface area contributed by atoms with Gasteiger partial charge in [-0.05, 0) is 31.5 Å². The fourth-order valence-electron chi connectivity index (χ4n) is 1.91. The summed E-state index contributed by atoms with van der Waals surface area (Å²) >= 11 is 0. The normalized spacial score (nSPS) is 27.1. The summed E-state index contributed by atoms with van der Waals surface area (Å²) in [7, 11) is 0. The minimum Gasteiger partial charge on any atom is -0.485 e. The van der Waals surface area contributed by atoms with E-state index in [1.54, 1.807) is 32.0 Å². The zero-order chi connectivity index (χ0) is 11.9. The van der Waals surface area contributed by atoms with Crippen molar-refractivity contribution in [3.63, 3.8) is 0 Å². The molecule has 4 heteroatoms. The van der Waals surface area contributed by atoms with Crippen LogP contribution >= 0.6 is 0 Å². The van der Waals surface area contributed by atoms with Gasteiger partial charge in [0, 0.05) is 5.56 Å². The molecule has 0 amide bonds. The first-order valence-corrected chi connectivity index (χ1v) is 5.24. The topological polar surface area (TPSA) is 69.9 Å². The van der Waals surface area contributed by atoms with Gasteiger partial charge >= 0.3 is 0 Å². The van der Waals surface area contributed by atoms with Crippen molar-refractivity contribution in [2.24, 2.45) is 0 Å². The lowest BCUT2D eigenvalue weighted by Gasteiger charge is -2.40. The number of benzene rings is 1. The molecule has 1 aliphatic heterocycles. The highest BCUT2D eigenvalue weighted by atomic mass is 16.5. The van der Waals surface area contributed by atoms with Crippen molar-refractivity contribution in [3.05, 3.63) is 29.3 Å². The van der Waals surface area contributed by atoms with Crippen molar-refractivity contribution < 1.29 is 20.1 Å². The Morgan fingerprint density at radius 3 is 2.62 bits per heavy atom. The number of ether oxygens (including phenoxy) is 1. The van der Waals surface area contributed by atoms with Crippen LogP contribution in [0.4, 0.5) is 0 Å². The zero-order valence-corrected chi connectivity index (χ0v) is 9.34. The van der Waals surface area contributed by atoms with Crippen molar-refractivity contribution in [1.29, 1.82) is 0 Å². The molecule has 0 bridgehead atoms. The molecule has 0 radical (unpaired) electrons. The molecule has 1 aliphatic rings. The summed E-state index contributed by atoms with van der Waals surface area (Å²) in [6.07, 6.45) is -1.96. The first-order chi connectivity index (χ1) is 7.45. The van der Waals surface area contributed by atoms with Crippen molar-refractivity contribution in [2.75, 3.05) is 0 Å². The van der Waals surface area contributed by atoms with Crippen LogP contribution in [0, 0.1) is 0 Å². The van der Waals surface area contributed by atoms with E-state index in [-0.39, 0.29) is 6.61 Å². The standard InChI is InChI=1S/C12H16O4/c1-12(2)11(15)10(14)8-5-7(6-13)3-4-9(8)16-12/h3-5,10-11,13-15H,6H2,1-2H3. The average Bonchev–Trinajstić information content (AvgIpc) is 2.25. The molecule has 0 saturated heterocycles. The Morgan fingerprint density at radius 1 is 1.31 bits per heavy atom. The summed E-state index contributed by atoms with van der Waals surface area (Å²) in [6.45, 7) is 3.35. The van der Waals surface area contributed by atoms with Crippen molar-refractivity contribution >= 4 is 0 Å². The minimum absolute atomic E-state index is 0.0977. The van der Waals surface area contributed by atoms with Crippen molar-refractivity contribution in [1.82, 2.24) is 0 Å². The lowest BCUT2D eigenvalue weighted by Crippen LogP contribution is -2.48. The number of aliphatic hydroxyl groups is 3. The molecule has 0 saturated carbocycles. The van der Waals surface area contributed by atoms with E-state index < -0.39 is 17.8 Å². The molecule has 1 heterocycles. The molecule has 3 N–H and O–H groups in total. The van der Waals surface area contributed by atoms with Gasteiger partial charge < -0.3 is 20.1 Å². The molecule has 16 heavy (non-hydrogen) atoms. The summed E-state index contributed by atoms with van der Waals surface area (Å²) in [4.78, 5) is 0. The highest BCUT2D eigenvalue weighted by Crippen LogP contribution is 2.39. The van der Waals surface area contributed by atoms with Crippen molar-refractivity contribution in [2.45, 2.75) is 38.3 Å². The first kappa shape index (κ1) is 11.4. The van der Waals surface area contributed by atoms with Crippen molar-refractivity contribution in [3.8, 4) is 5.75 Å². The van der Waals surface area contributed by atoms with Crippen LogP contribution in [0.2, 0.25) is 0 Å². The number of hydrogen-bond acceptors (Lipinski definition) is 4. The van der Waals surface area contributed by atoms with Gasteiger partial charge in [0.25, 0.3) is 0 Å². The largest absolute Gasteiger partial charge is 0.485 e. The zero-order valence-electron chi connectivity index (χ0n) is 9.34. The van der Waals surface area contributed by atoms with Gasteiger partial charge in [0.15, 0.2) is 0 Å². The SMILES string of the molecule is CC1(C)Oc2ccc(CO)cc2C(O)C1O. The quantitative estimate of drug-likeness (QED) is 0.658. The molecule has 0 aliphatic carbocycles. The van der Waals surface area contributed by atoms with Gasteiger partial charge in [0.05, 0.1) is 6.61 Å². The van der Waals surface area contributed by atoms with Crippen LogP contribution in [0.25, 0.3) is 0 Å². The van der Waals surface area contributed by atoms with E-state index in [1.807, 2.05) is 0 Å². The molecular formula is C12H16O4. The Hall–Kier alpha value is -1.10. The van der Waals surface area contributed by atoms with Gasteiger partial charge in [-0.1, -0.05) is 6.07 Å². The van der Waals surface area contributed by atoms with Gasteiger partial charge in [-0.3, -0.25) is 0 Å². The predicted molar refractivity (Wildman–Crippen MR) is 58.0 cm³/mol. The Bertz CT molecular complexity index is 400. The maximum absolute atomic E-state index is 9.97. The number of aliphatic hydroxyl groups excluding tert-OH is 3. The molecule has 2 atom stereocenters.